The number of likely N-dealkylation sites (N-methyl/N-ethyl adjacent to an activating group) is 2. The van der Waals surface area contributed by atoms with E-state index < -0.39 is 17.6 Å². The molecule has 226 valence electrons. The highest BCUT2D eigenvalue weighted by atomic mass is 16.5. The lowest BCUT2D eigenvalue weighted by molar-refractivity contribution is -0.143. The van der Waals surface area contributed by atoms with E-state index in [0.29, 0.717) is 24.6 Å². The summed E-state index contributed by atoms with van der Waals surface area (Å²) in [6.07, 6.45) is 3.86. The first-order chi connectivity index (χ1) is 21.0. The molecule has 0 saturated carbocycles. The van der Waals surface area contributed by atoms with E-state index in [0.717, 1.165) is 32.7 Å². The molecule has 2 atom stereocenters. The van der Waals surface area contributed by atoms with Gasteiger partial charge in [0.2, 0.25) is 17.7 Å². The van der Waals surface area contributed by atoms with Crippen LogP contribution in [0.15, 0.2) is 102 Å². The van der Waals surface area contributed by atoms with E-state index in [2.05, 4.69) is 46.5 Å². The van der Waals surface area contributed by atoms with Gasteiger partial charge in [-0.25, -0.2) is 0 Å². The average Bonchev–Trinajstić information content (AvgIpc) is 3.45. The van der Waals surface area contributed by atoms with E-state index in [1.54, 1.807) is 32.0 Å². The fourth-order valence-corrected chi connectivity index (χ4v) is 5.35. The summed E-state index contributed by atoms with van der Waals surface area (Å²) < 4.78 is 5.63. The summed E-state index contributed by atoms with van der Waals surface area (Å²) in [5, 5.41) is 8.43. The van der Waals surface area contributed by atoms with Crippen molar-refractivity contribution in [1.29, 1.82) is 0 Å². The number of nitrogens with two attached hydrogens (primary N) is 1. The Morgan fingerprint density at radius 3 is 1.91 bits per heavy atom. The van der Waals surface area contributed by atoms with E-state index in [4.69, 9.17) is 10.3 Å². The number of carbonyl (C=O) groups excluding carboxylic acids is 2. The van der Waals surface area contributed by atoms with Crippen molar-refractivity contribution in [2.45, 2.75) is 51.2 Å². The number of nitrogens with zero attached hydrogens (tertiary/aromatic N) is 4. The molecular weight excluding hydrogens is 550 g/mol. The highest BCUT2D eigenvalue weighted by molar-refractivity contribution is 5.93. The van der Waals surface area contributed by atoms with E-state index in [-0.39, 0.29) is 11.8 Å². The van der Waals surface area contributed by atoms with Crippen LogP contribution in [0.4, 0.5) is 0 Å². The van der Waals surface area contributed by atoms with E-state index >= 15 is 0 Å². The van der Waals surface area contributed by atoms with Gasteiger partial charge >= 0.3 is 0 Å². The number of aromatic nitrogens is 2. The van der Waals surface area contributed by atoms with Gasteiger partial charge < -0.3 is 20.1 Å². The Morgan fingerprint density at radius 1 is 0.841 bits per heavy atom. The fraction of sp³-hybridized carbons (Fsp3) is 0.278. The maximum absolute atomic E-state index is 14.5. The van der Waals surface area contributed by atoms with Crippen molar-refractivity contribution >= 4 is 33.4 Å². The highest BCUT2D eigenvalue weighted by Crippen LogP contribution is 2.27. The number of hydrogen-bond donors (Lipinski definition) is 1. The Hall–Kier alpha value is -4.82. The summed E-state index contributed by atoms with van der Waals surface area (Å²) in [5.74, 6) is 0.278. The number of amides is 2. The molecule has 0 aliphatic heterocycles. The van der Waals surface area contributed by atoms with Crippen LogP contribution in [0.2, 0.25) is 0 Å². The molecule has 44 heavy (non-hydrogen) atoms. The van der Waals surface area contributed by atoms with E-state index in [1.165, 1.54) is 11.0 Å². The van der Waals surface area contributed by atoms with Gasteiger partial charge in [-0.1, -0.05) is 96.2 Å². The molecule has 4 aromatic carbocycles. The van der Waals surface area contributed by atoms with Crippen LogP contribution >= 0.6 is 0 Å². The van der Waals surface area contributed by atoms with Crippen molar-refractivity contribution in [2.24, 2.45) is 5.73 Å². The Kier molecular flexibility index (Phi) is 8.92. The molecule has 0 saturated heterocycles. The Bertz CT molecular complexity index is 1820. The number of fused-ring (bicyclic) bond motifs is 2. The second-order valence-corrected chi connectivity index (χ2v) is 12.0. The van der Waals surface area contributed by atoms with Crippen LogP contribution in [0.1, 0.15) is 42.7 Å². The summed E-state index contributed by atoms with van der Waals surface area (Å²) in [6, 6.07) is 27.2. The predicted octanol–water partition coefficient (Wildman–Crippen LogP) is 5.79. The molecule has 8 heteroatoms. The first-order valence-electron chi connectivity index (χ1n) is 14.8. The molecule has 0 fully saturated rings. The van der Waals surface area contributed by atoms with Crippen LogP contribution in [-0.2, 0) is 22.4 Å². The number of carbonyl (C=O) groups is 2. The summed E-state index contributed by atoms with van der Waals surface area (Å²) >= 11 is 0. The second kappa shape index (κ2) is 12.8. The van der Waals surface area contributed by atoms with Gasteiger partial charge in [0, 0.05) is 38.6 Å². The minimum atomic E-state index is -0.803. The molecule has 0 aliphatic rings. The van der Waals surface area contributed by atoms with Gasteiger partial charge in [0.05, 0.1) is 0 Å². The second-order valence-electron chi connectivity index (χ2n) is 12.0. The minimum absolute atomic E-state index is 0.240. The maximum atomic E-state index is 14.5. The molecule has 0 unspecified atom stereocenters. The lowest BCUT2D eigenvalue weighted by atomic mass is 9.97. The number of benzene rings is 4. The van der Waals surface area contributed by atoms with Crippen LogP contribution in [0.5, 0.6) is 0 Å². The predicted molar refractivity (Wildman–Crippen MR) is 174 cm³/mol. The van der Waals surface area contributed by atoms with Gasteiger partial charge in [-0.15, -0.1) is 0 Å². The normalized spacial score (nSPS) is 13.3. The van der Waals surface area contributed by atoms with Crippen molar-refractivity contribution in [1.82, 2.24) is 19.9 Å². The first-order valence-corrected chi connectivity index (χ1v) is 14.8. The lowest BCUT2D eigenvalue weighted by Crippen LogP contribution is -2.50. The Balaban J connectivity index is 1.49. The van der Waals surface area contributed by atoms with Crippen LogP contribution in [0.25, 0.3) is 21.5 Å². The maximum Gasteiger partial charge on any atom is 0.249 e. The Morgan fingerprint density at radius 2 is 1.39 bits per heavy atom. The molecule has 0 spiro atoms. The lowest BCUT2D eigenvalue weighted by Gasteiger charge is -2.33. The highest BCUT2D eigenvalue weighted by Gasteiger charge is 2.35. The Labute approximate surface area is 258 Å². The molecule has 0 aliphatic carbocycles. The van der Waals surface area contributed by atoms with Crippen LogP contribution in [0.3, 0.4) is 0 Å². The topological polar surface area (TPSA) is 106 Å². The number of rotatable bonds is 10. The van der Waals surface area contributed by atoms with E-state index in [9.17, 15) is 9.59 Å². The molecular formula is C36H39N5O3. The van der Waals surface area contributed by atoms with Gasteiger partial charge in [-0.05, 0) is 53.4 Å². The van der Waals surface area contributed by atoms with Gasteiger partial charge in [0.15, 0.2) is 5.82 Å². The fourth-order valence-electron chi connectivity index (χ4n) is 5.35. The summed E-state index contributed by atoms with van der Waals surface area (Å²) in [6.45, 7) is 5.38. The van der Waals surface area contributed by atoms with Crippen LogP contribution in [-0.4, -0.2) is 57.4 Å². The van der Waals surface area contributed by atoms with Gasteiger partial charge in [0.1, 0.15) is 12.1 Å². The molecule has 5 rings (SSSR count). The summed E-state index contributed by atoms with van der Waals surface area (Å²) in [4.78, 5) is 35.5. The first kappa shape index (κ1) is 30.6. The molecule has 2 amide bonds. The quantitative estimate of drug-likeness (QED) is 0.207. The number of aryl methyl sites for hydroxylation is 1. The third-order valence-electron chi connectivity index (χ3n) is 7.89. The van der Waals surface area contributed by atoms with Crippen molar-refractivity contribution in [3.63, 3.8) is 0 Å². The van der Waals surface area contributed by atoms with E-state index in [1.807, 2.05) is 62.4 Å². The van der Waals surface area contributed by atoms with Crippen LogP contribution < -0.4 is 5.73 Å². The third-order valence-corrected chi connectivity index (χ3v) is 7.89. The molecule has 0 radical (unpaired) electrons. The third kappa shape index (κ3) is 7.21. The van der Waals surface area contributed by atoms with Crippen LogP contribution in [0, 0.1) is 6.92 Å². The smallest absolute Gasteiger partial charge is 0.249 e. The summed E-state index contributed by atoms with van der Waals surface area (Å²) in [7, 11) is 3.39. The largest absolute Gasteiger partial charge is 0.337 e. The minimum Gasteiger partial charge on any atom is -0.337 e. The average molecular weight is 590 g/mol. The summed E-state index contributed by atoms with van der Waals surface area (Å²) in [5.41, 5.74) is 7.39. The molecule has 2 N–H and O–H groups in total. The number of hydrogen-bond acceptors (Lipinski definition) is 6. The molecule has 1 aromatic heterocycles. The molecule has 0 bridgehead atoms. The molecule has 1 heterocycles. The van der Waals surface area contributed by atoms with Crippen molar-refractivity contribution in [3.8, 4) is 0 Å². The standard InChI is InChI=1S/C36H39N5O3/c1-24-38-34(44-39-24)31(22-25-14-16-27-10-6-8-12-29(27)20-25)41(5)35(43)32(40(4)33(42)18-19-36(2,3)37)23-26-15-17-28-11-7-9-13-30(28)21-26/h6-21,31-32H,22-23,37H2,1-5H3/t31-,32-/m1/s1. The monoisotopic (exact) mass is 589 g/mol. The SMILES string of the molecule is Cc1noc([C@@H](Cc2ccc3ccccc3c2)N(C)C(=O)[C@@H](Cc2ccc3ccccc3c2)N(C)C(=O)C=CC(C)(C)N)n1. The molecule has 8 nitrogen and oxygen atoms in total. The zero-order valence-electron chi connectivity index (χ0n) is 25.9. The van der Waals surface area contributed by atoms with Gasteiger partial charge in [-0.3, -0.25) is 9.59 Å². The van der Waals surface area contributed by atoms with Crippen molar-refractivity contribution in [2.75, 3.05) is 14.1 Å². The van der Waals surface area contributed by atoms with Crippen molar-refractivity contribution in [3.05, 3.63) is 120 Å². The molecule has 5 aromatic rings. The van der Waals surface area contributed by atoms with Gasteiger partial charge in [0.25, 0.3) is 0 Å². The van der Waals surface area contributed by atoms with Gasteiger partial charge in [-0.2, -0.15) is 4.98 Å². The van der Waals surface area contributed by atoms with Crippen molar-refractivity contribution < 1.29 is 14.1 Å². The zero-order valence-corrected chi connectivity index (χ0v) is 25.9. The zero-order chi connectivity index (χ0) is 31.4.